The molecule has 1 aliphatic heterocycles. The molecule has 0 aliphatic carbocycles. The highest BCUT2D eigenvalue weighted by Crippen LogP contribution is 2.14. The van der Waals surface area contributed by atoms with Crippen LogP contribution in [0.1, 0.15) is 13.8 Å². The van der Waals surface area contributed by atoms with Gasteiger partial charge in [0.25, 0.3) is 0 Å². The Balaban J connectivity index is 2.64. The summed E-state index contributed by atoms with van der Waals surface area (Å²) in [5.74, 6) is -0.378. The van der Waals surface area contributed by atoms with E-state index in [1.54, 1.807) is 0 Å². The van der Waals surface area contributed by atoms with Gasteiger partial charge in [-0.05, 0) is 13.8 Å². The minimum atomic E-state index is -0.574. The van der Waals surface area contributed by atoms with E-state index in [9.17, 15) is 4.79 Å². The molecular formula is C10H16N2O3. The van der Waals surface area contributed by atoms with Crippen LogP contribution in [0.15, 0.2) is 0 Å². The molecule has 0 saturated carbocycles. The molecule has 5 heteroatoms. The van der Waals surface area contributed by atoms with Crippen LogP contribution in [0.5, 0.6) is 0 Å². The van der Waals surface area contributed by atoms with E-state index in [0.29, 0.717) is 13.1 Å². The van der Waals surface area contributed by atoms with Crippen molar-refractivity contribution in [1.82, 2.24) is 4.90 Å². The van der Waals surface area contributed by atoms with Crippen molar-refractivity contribution in [3.05, 3.63) is 0 Å². The van der Waals surface area contributed by atoms with Crippen molar-refractivity contribution in [3.8, 4) is 6.07 Å². The first kappa shape index (κ1) is 12.0. The number of hydrogen-bond acceptors (Lipinski definition) is 5. The number of rotatable bonds is 2. The number of ether oxygens (including phenoxy) is 2. The van der Waals surface area contributed by atoms with Gasteiger partial charge in [0, 0.05) is 13.1 Å². The molecule has 0 radical (unpaired) electrons. The standard InChI is InChI=1S/C10H16N2O3/c1-7(4-11)12-5-8(2)15-9(6-12)10(13)14-3/h7-9H,5-6H2,1-3H3/t7-,8-,9+/m1/s1. The van der Waals surface area contributed by atoms with Gasteiger partial charge < -0.3 is 9.47 Å². The first-order valence-electron chi connectivity index (χ1n) is 4.95. The van der Waals surface area contributed by atoms with E-state index in [0.717, 1.165) is 0 Å². The van der Waals surface area contributed by atoms with E-state index in [-0.39, 0.29) is 18.1 Å². The molecule has 3 atom stereocenters. The predicted octanol–water partition coefficient (Wildman–Crippen LogP) is 0.161. The largest absolute Gasteiger partial charge is 0.467 e. The summed E-state index contributed by atoms with van der Waals surface area (Å²) in [7, 11) is 1.34. The molecule has 0 bridgehead atoms. The number of morpholine rings is 1. The summed E-state index contributed by atoms with van der Waals surface area (Å²) in [6, 6.07) is 1.95. The van der Waals surface area contributed by atoms with E-state index < -0.39 is 6.10 Å². The molecule has 1 fully saturated rings. The lowest BCUT2D eigenvalue weighted by molar-refractivity contribution is -0.166. The summed E-state index contributed by atoms with van der Waals surface area (Å²) in [6.07, 6.45) is -0.631. The second-order valence-electron chi connectivity index (χ2n) is 3.72. The van der Waals surface area contributed by atoms with Crippen molar-refractivity contribution in [2.45, 2.75) is 32.1 Å². The Morgan fingerprint density at radius 3 is 2.87 bits per heavy atom. The molecule has 5 nitrogen and oxygen atoms in total. The molecule has 0 unspecified atom stereocenters. The molecule has 0 N–H and O–H groups in total. The summed E-state index contributed by atoms with van der Waals surface area (Å²) < 4.78 is 10.1. The van der Waals surface area contributed by atoms with Crippen molar-refractivity contribution in [2.24, 2.45) is 0 Å². The third-order valence-electron chi connectivity index (χ3n) is 2.49. The van der Waals surface area contributed by atoms with E-state index in [1.807, 2.05) is 18.7 Å². The van der Waals surface area contributed by atoms with E-state index in [2.05, 4.69) is 10.8 Å². The third-order valence-corrected chi connectivity index (χ3v) is 2.49. The predicted molar refractivity (Wildman–Crippen MR) is 53.0 cm³/mol. The van der Waals surface area contributed by atoms with E-state index in [1.165, 1.54) is 7.11 Å². The Morgan fingerprint density at radius 2 is 2.33 bits per heavy atom. The number of methoxy groups -OCH3 is 1. The minimum Gasteiger partial charge on any atom is -0.467 e. The van der Waals surface area contributed by atoms with Gasteiger partial charge in [-0.1, -0.05) is 0 Å². The number of carbonyl (C=O) groups excluding carboxylic acids is 1. The van der Waals surface area contributed by atoms with Crippen molar-refractivity contribution in [3.63, 3.8) is 0 Å². The summed E-state index contributed by atoms with van der Waals surface area (Å²) in [6.45, 7) is 4.78. The van der Waals surface area contributed by atoms with Crippen LogP contribution >= 0.6 is 0 Å². The SMILES string of the molecule is COC(=O)[C@@H]1CN([C@H](C)C#N)C[C@@H](C)O1. The lowest BCUT2D eigenvalue weighted by Gasteiger charge is -2.36. The maximum Gasteiger partial charge on any atom is 0.336 e. The fraction of sp³-hybridized carbons (Fsp3) is 0.800. The maximum atomic E-state index is 11.3. The van der Waals surface area contributed by atoms with Gasteiger partial charge in [-0.15, -0.1) is 0 Å². The fourth-order valence-electron chi connectivity index (χ4n) is 1.64. The highest BCUT2D eigenvalue weighted by atomic mass is 16.6. The highest BCUT2D eigenvalue weighted by molar-refractivity contribution is 5.75. The van der Waals surface area contributed by atoms with Gasteiger partial charge in [0.2, 0.25) is 0 Å². The normalized spacial score (nSPS) is 29.2. The van der Waals surface area contributed by atoms with Crippen molar-refractivity contribution < 1.29 is 14.3 Å². The van der Waals surface area contributed by atoms with Gasteiger partial charge in [-0.2, -0.15) is 5.26 Å². The van der Waals surface area contributed by atoms with Crippen LogP contribution in [0.25, 0.3) is 0 Å². The first-order chi connectivity index (χ1) is 7.08. The molecule has 1 saturated heterocycles. The maximum absolute atomic E-state index is 11.3. The molecule has 0 aromatic heterocycles. The van der Waals surface area contributed by atoms with Gasteiger partial charge in [0.15, 0.2) is 6.10 Å². The van der Waals surface area contributed by atoms with E-state index in [4.69, 9.17) is 10.00 Å². The molecule has 1 aliphatic rings. The molecule has 0 aromatic rings. The number of nitrogens with zero attached hydrogens (tertiary/aromatic N) is 2. The summed E-state index contributed by atoms with van der Waals surface area (Å²) >= 11 is 0. The van der Waals surface area contributed by atoms with Crippen molar-refractivity contribution in [1.29, 1.82) is 5.26 Å². The molecular weight excluding hydrogens is 196 g/mol. The molecule has 1 rings (SSSR count). The first-order valence-corrected chi connectivity index (χ1v) is 4.95. The molecule has 0 aromatic carbocycles. The average molecular weight is 212 g/mol. The van der Waals surface area contributed by atoms with Gasteiger partial charge >= 0.3 is 5.97 Å². The summed E-state index contributed by atoms with van der Waals surface area (Å²) in [4.78, 5) is 13.2. The number of hydrogen-bond donors (Lipinski definition) is 0. The van der Waals surface area contributed by atoms with Crippen LogP contribution in [-0.4, -0.2) is 49.3 Å². The molecule has 0 spiro atoms. The number of nitriles is 1. The molecule has 1 heterocycles. The molecule has 15 heavy (non-hydrogen) atoms. The second kappa shape index (κ2) is 5.10. The number of esters is 1. The lowest BCUT2D eigenvalue weighted by atomic mass is 10.2. The van der Waals surface area contributed by atoms with Crippen LogP contribution in [0.4, 0.5) is 0 Å². The zero-order chi connectivity index (χ0) is 11.4. The van der Waals surface area contributed by atoms with Crippen molar-refractivity contribution in [2.75, 3.05) is 20.2 Å². The summed E-state index contributed by atoms with van der Waals surface area (Å²) in [5, 5.41) is 8.81. The minimum absolute atomic E-state index is 0.0568. The zero-order valence-corrected chi connectivity index (χ0v) is 9.27. The Hall–Kier alpha value is -1.12. The van der Waals surface area contributed by atoms with Crippen LogP contribution in [0.3, 0.4) is 0 Å². The van der Waals surface area contributed by atoms with Crippen LogP contribution in [-0.2, 0) is 14.3 Å². The van der Waals surface area contributed by atoms with Gasteiger partial charge in [0.1, 0.15) is 0 Å². The quantitative estimate of drug-likeness (QED) is 0.610. The Bertz CT molecular complexity index is 274. The zero-order valence-electron chi connectivity index (χ0n) is 9.27. The Morgan fingerprint density at radius 1 is 1.67 bits per heavy atom. The topological polar surface area (TPSA) is 62.6 Å². The third kappa shape index (κ3) is 2.91. The monoisotopic (exact) mass is 212 g/mol. The number of carbonyl (C=O) groups is 1. The van der Waals surface area contributed by atoms with Crippen LogP contribution < -0.4 is 0 Å². The lowest BCUT2D eigenvalue weighted by Crippen LogP contribution is -2.52. The van der Waals surface area contributed by atoms with Gasteiger partial charge in [0.05, 0.1) is 25.3 Å². The van der Waals surface area contributed by atoms with E-state index >= 15 is 0 Å². The smallest absolute Gasteiger partial charge is 0.336 e. The van der Waals surface area contributed by atoms with Crippen LogP contribution in [0.2, 0.25) is 0 Å². The Labute approximate surface area is 89.6 Å². The van der Waals surface area contributed by atoms with Gasteiger partial charge in [-0.3, -0.25) is 4.90 Å². The average Bonchev–Trinajstić information content (AvgIpc) is 2.26. The molecule has 84 valence electrons. The Kier molecular flexibility index (Phi) is 4.06. The molecule has 0 amide bonds. The fourth-order valence-corrected chi connectivity index (χ4v) is 1.64. The van der Waals surface area contributed by atoms with Crippen LogP contribution in [0, 0.1) is 11.3 Å². The van der Waals surface area contributed by atoms with Crippen molar-refractivity contribution >= 4 is 5.97 Å². The highest BCUT2D eigenvalue weighted by Gasteiger charge is 2.32. The van der Waals surface area contributed by atoms with Gasteiger partial charge in [-0.25, -0.2) is 4.79 Å². The summed E-state index contributed by atoms with van der Waals surface area (Å²) in [5.41, 5.74) is 0. The second-order valence-corrected chi connectivity index (χ2v) is 3.72.